The highest BCUT2D eigenvalue weighted by molar-refractivity contribution is 6.30. The molecule has 30 heavy (non-hydrogen) atoms. The number of hydrogen-bond acceptors (Lipinski definition) is 6. The number of phenolic OH excluding ortho intramolecular Hbond substituents is 1. The molecule has 1 aliphatic rings. The Morgan fingerprint density at radius 3 is 2.37 bits per heavy atom. The first kappa shape index (κ1) is 20.2. The second-order valence-corrected chi connectivity index (χ2v) is 7.63. The Bertz CT molecular complexity index is 997. The molecular weight excluding hydrogens is 404 g/mol. The Hall–Kier alpha value is -3.13. The Kier molecular flexibility index (Phi) is 5.85. The molecule has 9 heteroatoms. The SMILES string of the molecule is CCC(C(=O)N1CCN(c2ccc(O)cc2)CC1)n1nnc(-c2ccc(Cl)cc2)n1. The van der Waals surface area contributed by atoms with Gasteiger partial charge >= 0.3 is 0 Å². The average molecular weight is 427 g/mol. The van der Waals surface area contributed by atoms with Crippen LogP contribution in [0.3, 0.4) is 0 Å². The van der Waals surface area contributed by atoms with Gasteiger partial charge in [0, 0.05) is 42.5 Å². The van der Waals surface area contributed by atoms with E-state index in [9.17, 15) is 9.90 Å². The maximum absolute atomic E-state index is 13.1. The number of amides is 1. The van der Waals surface area contributed by atoms with Crippen LogP contribution in [0.1, 0.15) is 19.4 Å². The minimum Gasteiger partial charge on any atom is -0.508 e. The van der Waals surface area contributed by atoms with E-state index in [0.717, 1.165) is 24.3 Å². The first-order valence-corrected chi connectivity index (χ1v) is 10.3. The molecule has 156 valence electrons. The van der Waals surface area contributed by atoms with Crippen molar-refractivity contribution in [3.63, 3.8) is 0 Å². The number of rotatable bonds is 5. The van der Waals surface area contributed by atoms with Crippen molar-refractivity contribution in [2.24, 2.45) is 0 Å². The van der Waals surface area contributed by atoms with Crippen LogP contribution in [0.4, 0.5) is 5.69 Å². The number of nitrogens with zero attached hydrogens (tertiary/aromatic N) is 6. The van der Waals surface area contributed by atoms with Crippen molar-refractivity contribution in [1.82, 2.24) is 25.1 Å². The molecule has 1 N–H and O–H groups in total. The first-order valence-electron chi connectivity index (χ1n) is 9.93. The summed E-state index contributed by atoms with van der Waals surface area (Å²) in [6, 6.07) is 13.8. The second kappa shape index (κ2) is 8.71. The Morgan fingerprint density at radius 2 is 1.73 bits per heavy atom. The Balaban J connectivity index is 1.42. The van der Waals surface area contributed by atoms with Gasteiger partial charge in [-0.15, -0.1) is 10.2 Å². The van der Waals surface area contributed by atoms with Crippen molar-refractivity contribution < 1.29 is 9.90 Å². The minimum absolute atomic E-state index is 0.00270. The van der Waals surface area contributed by atoms with Gasteiger partial charge in [0.05, 0.1) is 0 Å². The van der Waals surface area contributed by atoms with E-state index in [4.69, 9.17) is 11.6 Å². The molecule has 2 aromatic carbocycles. The molecule has 8 nitrogen and oxygen atoms in total. The van der Waals surface area contributed by atoms with Crippen molar-refractivity contribution in [3.05, 3.63) is 53.6 Å². The fourth-order valence-electron chi connectivity index (χ4n) is 3.57. The van der Waals surface area contributed by atoms with Gasteiger partial charge in [0.25, 0.3) is 0 Å². The maximum Gasteiger partial charge on any atom is 0.249 e. The molecule has 0 spiro atoms. The monoisotopic (exact) mass is 426 g/mol. The number of hydrogen-bond donors (Lipinski definition) is 1. The lowest BCUT2D eigenvalue weighted by atomic mass is 10.1. The number of benzene rings is 2. The van der Waals surface area contributed by atoms with Gasteiger partial charge in [-0.05, 0) is 60.2 Å². The van der Waals surface area contributed by atoms with Crippen LogP contribution in [-0.4, -0.2) is 62.3 Å². The van der Waals surface area contributed by atoms with Crippen LogP contribution < -0.4 is 4.90 Å². The fraction of sp³-hybridized carbons (Fsp3) is 0.333. The number of carbonyl (C=O) groups excluding carboxylic acids is 1. The molecule has 0 bridgehead atoms. The molecule has 2 heterocycles. The summed E-state index contributed by atoms with van der Waals surface area (Å²) in [6.07, 6.45) is 0.577. The van der Waals surface area contributed by atoms with E-state index in [1.165, 1.54) is 4.80 Å². The maximum atomic E-state index is 13.1. The Morgan fingerprint density at radius 1 is 1.07 bits per heavy atom. The normalized spacial score (nSPS) is 15.3. The fourth-order valence-corrected chi connectivity index (χ4v) is 3.69. The lowest BCUT2D eigenvalue weighted by Gasteiger charge is -2.37. The highest BCUT2D eigenvalue weighted by atomic mass is 35.5. The smallest absolute Gasteiger partial charge is 0.249 e. The van der Waals surface area contributed by atoms with Gasteiger partial charge in [-0.25, -0.2) is 0 Å². The Labute approximate surface area is 179 Å². The third kappa shape index (κ3) is 4.23. The van der Waals surface area contributed by atoms with Crippen LogP contribution in [0.2, 0.25) is 5.02 Å². The number of tetrazole rings is 1. The van der Waals surface area contributed by atoms with Gasteiger partial charge in [0.15, 0.2) is 6.04 Å². The van der Waals surface area contributed by atoms with Crippen LogP contribution in [-0.2, 0) is 4.79 Å². The van der Waals surface area contributed by atoms with Gasteiger partial charge in [-0.3, -0.25) is 4.79 Å². The summed E-state index contributed by atoms with van der Waals surface area (Å²) in [6.45, 7) is 4.64. The molecule has 1 amide bonds. The number of aromatic nitrogens is 4. The van der Waals surface area contributed by atoms with Gasteiger partial charge in [-0.1, -0.05) is 18.5 Å². The molecule has 1 unspecified atom stereocenters. The van der Waals surface area contributed by atoms with E-state index in [1.54, 1.807) is 24.3 Å². The summed E-state index contributed by atoms with van der Waals surface area (Å²) in [4.78, 5) is 18.6. The molecule has 0 radical (unpaired) electrons. The molecule has 1 atom stereocenters. The van der Waals surface area contributed by atoms with Crippen molar-refractivity contribution in [3.8, 4) is 17.1 Å². The molecule has 1 fully saturated rings. The molecule has 4 rings (SSSR count). The highest BCUT2D eigenvalue weighted by Gasteiger charge is 2.29. The van der Waals surface area contributed by atoms with Gasteiger partial charge in [0.2, 0.25) is 11.7 Å². The highest BCUT2D eigenvalue weighted by Crippen LogP contribution is 2.22. The standard InChI is InChI=1S/C21H23ClN6O2/c1-2-19(28-24-20(23-25-28)15-3-5-16(22)6-4-15)21(30)27-13-11-26(12-14-27)17-7-9-18(29)10-8-17/h3-10,19,29H,2,11-14H2,1H3. The number of aromatic hydroxyl groups is 1. The topological polar surface area (TPSA) is 87.4 Å². The summed E-state index contributed by atoms with van der Waals surface area (Å²) >= 11 is 5.93. The third-order valence-electron chi connectivity index (χ3n) is 5.29. The van der Waals surface area contributed by atoms with E-state index < -0.39 is 6.04 Å². The van der Waals surface area contributed by atoms with Gasteiger partial charge in [0.1, 0.15) is 5.75 Å². The number of phenols is 1. The van der Waals surface area contributed by atoms with Crippen LogP contribution >= 0.6 is 11.6 Å². The van der Waals surface area contributed by atoms with Crippen LogP contribution in [0.15, 0.2) is 48.5 Å². The zero-order valence-electron chi connectivity index (χ0n) is 16.6. The van der Waals surface area contributed by atoms with E-state index >= 15 is 0 Å². The van der Waals surface area contributed by atoms with Crippen LogP contribution in [0.5, 0.6) is 5.75 Å². The lowest BCUT2D eigenvalue weighted by Crippen LogP contribution is -2.50. The van der Waals surface area contributed by atoms with Crippen molar-refractivity contribution in [1.29, 1.82) is 0 Å². The first-order chi connectivity index (χ1) is 14.5. The second-order valence-electron chi connectivity index (χ2n) is 7.19. The van der Waals surface area contributed by atoms with Crippen LogP contribution in [0.25, 0.3) is 11.4 Å². The average Bonchev–Trinajstić information content (AvgIpc) is 3.25. The molecule has 1 aromatic heterocycles. The van der Waals surface area contributed by atoms with E-state index in [-0.39, 0.29) is 11.7 Å². The molecular formula is C21H23ClN6O2. The van der Waals surface area contributed by atoms with Crippen molar-refractivity contribution in [2.45, 2.75) is 19.4 Å². The third-order valence-corrected chi connectivity index (χ3v) is 5.54. The predicted octanol–water partition coefficient (Wildman–Crippen LogP) is 3.00. The van der Waals surface area contributed by atoms with E-state index in [2.05, 4.69) is 20.3 Å². The van der Waals surface area contributed by atoms with Gasteiger partial charge < -0.3 is 14.9 Å². The van der Waals surface area contributed by atoms with E-state index in [1.807, 2.05) is 36.1 Å². The number of anilines is 1. The summed E-state index contributed by atoms with van der Waals surface area (Å²) < 4.78 is 0. The number of piperazine rings is 1. The zero-order valence-corrected chi connectivity index (χ0v) is 17.4. The quantitative estimate of drug-likeness (QED) is 0.674. The van der Waals surface area contributed by atoms with Gasteiger partial charge in [-0.2, -0.15) is 4.80 Å². The molecule has 1 aliphatic heterocycles. The zero-order chi connectivity index (χ0) is 21.1. The van der Waals surface area contributed by atoms with Crippen molar-refractivity contribution in [2.75, 3.05) is 31.1 Å². The minimum atomic E-state index is -0.487. The number of carbonyl (C=O) groups is 1. The summed E-state index contributed by atoms with van der Waals surface area (Å²) in [5, 5.41) is 22.8. The summed E-state index contributed by atoms with van der Waals surface area (Å²) in [5.41, 5.74) is 1.84. The number of halogens is 1. The van der Waals surface area contributed by atoms with Crippen LogP contribution in [0, 0.1) is 0 Å². The molecule has 1 saturated heterocycles. The predicted molar refractivity (Wildman–Crippen MR) is 114 cm³/mol. The lowest BCUT2D eigenvalue weighted by molar-refractivity contribution is -0.135. The molecule has 0 saturated carbocycles. The largest absolute Gasteiger partial charge is 0.508 e. The summed E-state index contributed by atoms with van der Waals surface area (Å²) in [5.74, 6) is 0.717. The molecule has 3 aromatic rings. The molecule has 0 aliphatic carbocycles. The van der Waals surface area contributed by atoms with E-state index in [0.29, 0.717) is 30.4 Å². The van der Waals surface area contributed by atoms with Crippen molar-refractivity contribution >= 4 is 23.2 Å². The summed E-state index contributed by atoms with van der Waals surface area (Å²) in [7, 11) is 0.